The summed E-state index contributed by atoms with van der Waals surface area (Å²) < 4.78 is 5.49. The molecule has 0 unspecified atom stereocenters. The molecule has 1 aliphatic heterocycles. The molecule has 0 bridgehead atoms. The van der Waals surface area contributed by atoms with E-state index in [9.17, 15) is 9.90 Å². The predicted octanol–water partition coefficient (Wildman–Crippen LogP) is 1.57. The van der Waals surface area contributed by atoms with Gasteiger partial charge in [-0.2, -0.15) is 0 Å². The zero-order valence-electron chi connectivity index (χ0n) is 11.5. The Balaban J connectivity index is 1.74. The molecule has 1 aromatic carbocycles. The van der Waals surface area contributed by atoms with Crippen molar-refractivity contribution in [1.82, 2.24) is 9.80 Å². The quantitative estimate of drug-likeness (QED) is 0.861. The molecule has 0 atom stereocenters. The van der Waals surface area contributed by atoms with E-state index in [1.807, 2.05) is 6.07 Å². The Morgan fingerprint density at radius 2 is 2.05 bits per heavy atom. The Morgan fingerprint density at radius 3 is 2.75 bits per heavy atom. The summed E-state index contributed by atoms with van der Waals surface area (Å²) in [4.78, 5) is 16.6. The van der Waals surface area contributed by atoms with Gasteiger partial charge in [0.1, 0.15) is 0 Å². The summed E-state index contributed by atoms with van der Waals surface area (Å²) in [6.07, 6.45) is 0. The zero-order valence-corrected chi connectivity index (χ0v) is 11.5. The average Bonchev–Trinajstić information content (AvgIpc) is 2.87. The molecular formula is C15H18N2O3. The molecule has 106 valence electrons. The van der Waals surface area contributed by atoms with Gasteiger partial charge in [-0.25, -0.2) is 0 Å². The molecule has 0 aliphatic carbocycles. The van der Waals surface area contributed by atoms with Crippen LogP contribution in [0, 0.1) is 0 Å². The van der Waals surface area contributed by atoms with E-state index in [-0.39, 0.29) is 11.5 Å². The van der Waals surface area contributed by atoms with Crippen LogP contribution >= 0.6 is 0 Å². The van der Waals surface area contributed by atoms with Gasteiger partial charge < -0.3 is 14.4 Å². The third kappa shape index (κ3) is 2.55. The van der Waals surface area contributed by atoms with E-state index in [0.29, 0.717) is 17.9 Å². The lowest BCUT2D eigenvalue weighted by molar-refractivity contribution is 0.0852. The van der Waals surface area contributed by atoms with Crippen LogP contribution in [0.4, 0.5) is 0 Å². The summed E-state index contributed by atoms with van der Waals surface area (Å²) in [7, 11) is 2.08. The summed E-state index contributed by atoms with van der Waals surface area (Å²) in [5.41, 5.74) is 0.384. The van der Waals surface area contributed by atoms with Gasteiger partial charge in [0, 0.05) is 31.6 Å². The molecule has 1 saturated heterocycles. The molecule has 2 heterocycles. The van der Waals surface area contributed by atoms with Crippen molar-refractivity contribution in [3.05, 3.63) is 30.0 Å². The first-order valence-electron chi connectivity index (χ1n) is 6.79. The molecule has 20 heavy (non-hydrogen) atoms. The monoisotopic (exact) mass is 274 g/mol. The first-order chi connectivity index (χ1) is 9.63. The fraction of sp³-hybridized carbons (Fsp3) is 0.400. The molecule has 0 saturated carbocycles. The lowest BCUT2D eigenvalue weighted by Gasteiger charge is -2.31. The minimum absolute atomic E-state index is 0.0369. The van der Waals surface area contributed by atoms with Crippen molar-refractivity contribution in [1.29, 1.82) is 0 Å². The van der Waals surface area contributed by atoms with Crippen molar-refractivity contribution in [2.24, 2.45) is 0 Å². The highest BCUT2D eigenvalue weighted by atomic mass is 16.4. The molecule has 5 heteroatoms. The van der Waals surface area contributed by atoms with Gasteiger partial charge in [-0.1, -0.05) is 12.1 Å². The normalized spacial score (nSPS) is 17.6. The van der Waals surface area contributed by atoms with Gasteiger partial charge in [-0.05, 0) is 19.2 Å². The number of hydrogen-bond acceptors (Lipinski definition) is 5. The highest BCUT2D eigenvalue weighted by Crippen LogP contribution is 2.27. The largest absolute Gasteiger partial charge is 0.504 e. The molecule has 1 N–H and O–H groups in total. The Morgan fingerprint density at radius 1 is 1.30 bits per heavy atom. The summed E-state index contributed by atoms with van der Waals surface area (Å²) in [5.74, 6) is 0.353. The maximum atomic E-state index is 12.2. The number of benzene rings is 1. The van der Waals surface area contributed by atoms with Crippen LogP contribution in [-0.2, 0) is 0 Å². The maximum Gasteiger partial charge on any atom is 0.211 e. The van der Waals surface area contributed by atoms with Crippen LogP contribution in [0.15, 0.2) is 28.7 Å². The number of fused-ring (bicyclic) bond motifs is 1. The highest BCUT2D eigenvalue weighted by Gasteiger charge is 2.20. The number of carbonyl (C=O) groups excluding carboxylic acids is 1. The van der Waals surface area contributed by atoms with Crippen LogP contribution in [0.3, 0.4) is 0 Å². The van der Waals surface area contributed by atoms with Crippen LogP contribution in [0.5, 0.6) is 5.75 Å². The van der Waals surface area contributed by atoms with Crippen LogP contribution in [0.2, 0.25) is 0 Å². The first kappa shape index (κ1) is 13.1. The number of phenols is 1. The Hall–Kier alpha value is -1.85. The topological polar surface area (TPSA) is 56.9 Å². The second-order valence-corrected chi connectivity index (χ2v) is 5.31. The van der Waals surface area contributed by atoms with Gasteiger partial charge in [0.25, 0.3) is 0 Å². The fourth-order valence-electron chi connectivity index (χ4n) is 2.47. The Kier molecular flexibility index (Phi) is 3.46. The molecule has 0 spiro atoms. The first-order valence-corrected chi connectivity index (χ1v) is 6.79. The average molecular weight is 274 g/mol. The minimum atomic E-state index is -0.0369. The number of Topliss-reactive ketones (excluding diaryl/α,β-unsaturated/α-hetero) is 1. The van der Waals surface area contributed by atoms with E-state index in [2.05, 4.69) is 16.8 Å². The number of nitrogens with zero attached hydrogens (tertiary/aromatic N) is 2. The third-order valence-electron chi connectivity index (χ3n) is 3.76. The van der Waals surface area contributed by atoms with Gasteiger partial charge in [0.2, 0.25) is 5.78 Å². The number of likely N-dealkylation sites (N-methyl/N-ethyl adjacent to an activating group) is 1. The number of aromatic hydroxyl groups is 1. The van der Waals surface area contributed by atoms with E-state index in [1.54, 1.807) is 18.2 Å². The van der Waals surface area contributed by atoms with Gasteiger partial charge in [0.05, 0.1) is 6.54 Å². The summed E-state index contributed by atoms with van der Waals surface area (Å²) >= 11 is 0. The molecule has 1 fully saturated rings. The molecule has 5 nitrogen and oxygen atoms in total. The number of piperazine rings is 1. The summed E-state index contributed by atoms with van der Waals surface area (Å²) in [5, 5.41) is 10.5. The molecule has 3 rings (SSSR count). The fourth-order valence-corrected chi connectivity index (χ4v) is 2.47. The van der Waals surface area contributed by atoms with Crippen molar-refractivity contribution in [3.8, 4) is 5.75 Å². The van der Waals surface area contributed by atoms with E-state index in [1.165, 1.54) is 0 Å². The number of furan rings is 1. The molecule has 0 amide bonds. The smallest absolute Gasteiger partial charge is 0.211 e. The van der Waals surface area contributed by atoms with Gasteiger partial charge in [-0.15, -0.1) is 0 Å². The van der Waals surface area contributed by atoms with E-state index < -0.39 is 0 Å². The van der Waals surface area contributed by atoms with Crippen molar-refractivity contribution < 1.29 is 14.3 Å². The van der Waals surface area contributed by atoms with Gasteiger partial charge >= 0.3 is 0 Å². The lowest BCUT2D eigenvalue weighted by atomic mass is 10.2. The molecule has 1 aromatic heterocycles. The number of hydrogen-bond donors (Lipinski definition) is 1. The van der Waals surface area contributed by atoms with Crippen molar-refractivity contribution in [2.75, 3.05) is 39.8 Å². The lowest BCUT2D eigenvalue weighted by Crippen LogP contribution is -2.46. The van der Waals surface area contributed by atoms with Crippen LogP contribution in [0.1, 0.15) is 10.6 Å². The van der Waals surface area contributed by atoms with Crippen LogP contribution in [-0.4, -0.2) is 60.5 Å². The van der Waals surface area contributed by atoms with Gasteiger partial charge in [0.15, 0.2) is 17.1 Å². The standard InChI is InChI=1S/C15H18N2O3/c1-16-5-7-17(8-6-16)10-13(19)14-9-11-3-2-4-12(18)15(11)20-14/h2-4,9,18H,5-8,10H2,1H3. The number of rotatable bonds is 3. The van der Waals surface area contributed by atoms with Gasteiger partial charge in [-0.3, -0.25) is 9.69 Å². The van der Waals surface area contributed by atoms with Crippen LogP contribution in [0.25, 0.3) is 11.0 Å². The van der Waals surface area contributed by atoms with Crippen LogP contribution < -0.4 is 0 Å². The van der Waals surface area contributed by atoms with Crippen molar-refractivity contribution in [2.45, 2.75) is 0 Å². The second-order valence-electron chi connectivity index (χ2n) is 5.31. The zero-order chi connectivity index (χ0) is 14.1. The van der Waals surface area contributed by atoms with E-state index >= 15 is 0 Å². The summed E-state index contributed by atoms with van der Waals surface area (Å²) in [6, 6.07) is 6.82. The maximum absolute atomic E-state index is 12.2. The predicted molar refractivity (Wildman–Crippen MR) is 76.1 cm³/mol. The minimum Gasteiger partial charge on any atom is -0.504 e. The van der Waals surface area contributed by atoms with Crippen molar-refractivity contribution in [3.63, 3.8) is 0 Å². The number of para-hydroxylation sites is 1. The Labute approximate surface area is 117 Å². The molecule has 1 aliphatic rings. The van der Waals surface area contributed by atoms with Crippen molar-refractivity contribution >= 4 is 16.8 Å². The Bertz CT molecular complexity index is 627. The number of phenolic OH excluding ortho intramolecular Hbond substituents is 1. The molecule has 2 aromatic rings. The highest BCUT2D eigenvalue weighted by molar-refractivity contribution is 5.99. The number of carbonyl (C=O) groups is 1. The SMILES string of the molecule is CN1CCN(CC(=O)c2cc3cccc(O)c3o2)CC1. The van der Waals surface area contributed by atoms with E-state index in [4.69, 9.17) is 4.42 Å². The number of ketones is 1. The molecule has 0 radical (unpaired) electrons. The van der Waals surface area contributed by atoms with E-state index in [0.717, 1.165) is 31.6 Å². The second kappa shape index (κ2) is 5.26. The molecular weight excluding hydrogens is 256 g/mol. The summed E-state index contributed by atoms with van der Waals surface area (Å²) in [6.45, 7) is 4.12. The third-order valence-corrected chi connectivity index (χ3v) is 3.76.